The van der Waals surface area contributed by atoms with Crippen LogP contribution in [0.15, 0.2) is 22.7 Å². The van der Waals surface area contributed by atoms with Gasteiger partial charge in [0.1, 0.15) is 0 Å². The first kappa shape index (κ1) is 13.9. The Morgan fingerprint density at radius 3 is 2.59 bits per heavy atom. The number of hydrazine groups is 1. The number of halogens is 1. The fourth-order valence-corrected chi connectivity index (χ4v) is 1.73. The Balaban J connectivity index is 2.93. The molecule has 0 fully saturated rings. The summed E-state index contributed by atoms with van der Waals surface area (Å²) in [6.07, 6.45) is 1.01. The molecule has 0 aliphatic heterocycles. The van der Waals surface area contributed by atoms with Crippen LogP contribution in [0.25, 0.3) is 0 Å². The number of esters is 1. The predicted octanol–water partition coefficient (Wildman–Crippen LogP) is 1.11. The van der Waals surface area contributed by atoms with Crippen molar-refractivity contribution in [3.63, 3.8) is 0 Å². The third kappa shape index (κ3) is 4.33. The predicted molar refractivity (Wildman–Crippen MR) is 67.1 cm³/mol. The summed E-state index contributed by atoms with van der Waals surface area (Å²) in [6, 6.07) is 4.68. The zero-order chi connectivity index (χ0) is 13.1. The summed E-state index contributed by atoms with van der Waals surface area (Å²) in [5, 5.41) is 0. The normalized spacial score (nSPS) is 11.0. The Kier molecular flexibility index (Phi) is 4.49. The number of sulfonamides is 1. The van der Waals surface area contributed by atoms with Gasteiger partial charge in [-0.2, -0.15) is 0 Å². The molecular formula is C9H11BrN2O4S. The molecule has 0 amide bonds. The average molecular weight is 323 g/mol. The topological polar surface area (TPSA) is 84.5 Å². The second-order valence-corrected chi connectivity index (χ2v) is 5.79. The number of benzene rings is 1. The van der Waals surface area contributed by atoms with E-state index in [1.807, 2.05) is 0 Å². The Labute approximate surface area is 107 Å². The van der Waals surface area contributed by atoms with Gasteiger partial charge < -0.3 is 10.2 Å². The monoisotopic (exact) mass is 322 g/mol. The highest BCUT2D eigenvalue weighted by Gasteiger charge is 2.11. The Bertz CT molecular complexity index is 530. The molecule has 0 aliphatic carbocycles. The average Bonchev–Trinajstić information content (AvgIpc) is 2.26. The van der Waals surface area contributed by atoms with E-state index in [2.05, 4.69) is 30.9 Å². The van der Waals surface area contributed by atoms with Crippen LogP contribution in [0, 0.1) is 0 Å². The summed E-state index contributed by atoms with van der Waals surface area (Å²) < 4.78 is 26.9. The molecule has 1 rings (SSSR count). The van der Waals surface area contributed by atoms with Gasteiger partial charge in [-0.25, -0.2) is 13.2 Å². The van der Waals surface area contributed by atoms with Crippen LogP contribution in [0.2, 0.25) is 0 Å². The van der Waals surface area contributed by atoms with Crippen LogP contribution in [-0.4, -0.2) is 27.8 Å². The first-order valence-corrected chi connectivity index (χ1v) is 7.12. The Morgan fingerprint density at radius 2 is 2.06 bits per heavy atom. The SMILES string of the molecule is COC(=O)c1cc(NNS(C)(=O)=O)ccc1Br. The van der Waals surface area contributed by atoms with Crippen molar-refractivity contribution >= 4 is 37.6 Å². The van der Waals surface area contributed by atoms with Crippen LogP contribution >= 0.6 is 15.9 Å². The molecule has 1 aromatic carbocycles. The van der Waals surface area contributed by atoms with Crippen LogP contribution in [-0.2, 0) is 14.8 Å². The molecule has 0 atom stereocenters. The lowest BCUT2D eigenvalue weighted by Crippen LogP contribution is -2.28. The summed E-state index contributed by atoms with van der Waals surface area (Å²) in [7, 11) is -2.09. The molecule has 0 bridgehead atoms. The maximum atomic E-state index is 11.4. The van der Waals surface area contributed by atoms with Crippen molar-refractivity contribution in [3.8, 4) is 0 Å². The van der Waals surface area contributed by atoms with Crippen LogP contribution in [0.1, 0.15) is 10.4 Å². The fourth-order valence-electron chi connectivity index (χ4n) is 1.02. The van der Waals surface area contributed by atoms with Gasteiger partial charge in [0, 0.05) is 4.47 Å². The number of carbonyl (C=O) groups excluding carboxylic acids is 1. The van der Waals surface area contributed by atoms with E-state index < -0.39 is 16.0 Å². The molecule has 0 aliphatic rings. The lowest BCUT2D eigenvalue weighted by molar-refractivity contribution is 0.0599. The van der Waals surface area contributed by atoms with Gasteiger partial charge in [0.15, 0.2) is 0 Å². The highest BCUT2D eigenvalue weighted by atomic mass is 79.9. The van der Waals surface area contributed by atoms with E-state index in [1.54, 1.807) is 12.1 Å². The lowest BCUT2D eigenvalue weighted by atomic mass is 10.2. The van der Waals surface area contributed by atoms with Crippen molar-refractivity contribution in [3.05, 3.63) is 28.2 Å². The lowest BCUT2D eigenvalue weighted by Gasteiger charge is -2.08. The van der Waals surface area contributed by atoms with E-state index in [4.69, 9.17) is 0 Å². The van der Waals surface area contributed by atoms with Crippen LogP contribution in [0.5, 0.6) is 0 Å². The van der Waals surface area contributed by atoms with Crippen molar-refractivity contribution in [2.45, 2.75) is 0 Å². The zero-order valence-electron chi connectivity index (χ0n) is 9.15. The molecule has 0 radical (unpaired) electrons. The number of rotatable bonds is 4. The second-order valence-electron chi connectivity index (χ2n) is 3.19. The molecule has 0 spiro atoms. The molecule has 6 nitrogen and oxygen atoms in total. The zero-order valence-corrected chi connectivity index (χ0v) is 11.6. The summed E-state index contributed by atoms with van der Waals surface area (Å²) >= 11 is 3.20. The standard InChI is InChI=1S/C9H11BrN2O4S/c1-16-9(13)7-5-6(3-4-8(7)10)11-12-17(2,14)15/h3-5,11-12H,1-2H3. The maximum absolute atomic E-state index is 11.4. The van der Waals surface area contributed by atoms with Crippen LogP contribution in [0.3, 0.4) is 0 Å². The van der Waals surface area contributed by atoms with Crippen molar-refractivity contribution in [1.29, 1.82) is 0 Å². The van der Waals surface area contributed by atoms with E-state index >= 15 is 0 Å². The van der Waals surface area contributed by atoms with E-state index in [-0.39, 0.29) is 0 Å². The first-order chi connectivity index (χ1) is 7.83. The Morgan fingerprint density at radius 1 is 1.41 bits per heavy atom. The number of nitrogens with one attached hydrogen (secondary N) is 2. The molecule has 94 valence electrons. The van der Waals surface area contributed by atoms with Gasteiger partial charge in [0.05, 0.1) is 24.6 Å². The number of anilines is 1. The highest BCUT2D eigenvalue weighted by molar-refractivity contribution is 9.10. The van der Waals surface area contributed by atoms with E-state index in [1.165, 1.54) is 13.2 Å². The summed E-state index contributed by atoms with van der Waals surface area (Å²) in [6.45, 7) is 0. The molecule has 0 unspecified atom stereocenters. The number of methoxy groups -OCH3 is 1. The minimum Gasteiger partial charge on any atom is -0.465 e. The smallest absolute Gasteiger partial charge is 0.339 e. The van der Waals surface area contributed by atoms with Gasteiger partial charge in [-0.3, -0.25) is 0 Å². The molecule has 0 saturated heterocycles. The van der Waals surface area contributed by atoms with Gasteiger partial charge in [0.25, 0.3) is 0 Å². The highest BCUT2D eigenvalue weighted by Crippen LogP contribution is 2.21. The van der Waals surface area contributed by atoms with Gasteiger partial charge >= 0.3 is 5.97 Å². The van der Waals surface area contributed by atoms with Crippen LogP contribution in [0.4, 0.5) is 5.69 Å². The van der Waals surface area contributed by atoms with Crippen LogP contribution < -0.4 is 10.3 Å². The van der Waals surface area contributed by atoms with E-state index in [9.17, 15) is 13.2 Å². The van der Waals surface area contributed by atoms with E-state index in [0.717, 1.165) is 6.26 Å². The summed E-state index contributed by atoms with van der Waals surface area (Å²) in [5.74, 6) is -0.514. The maximum Gasteiger partial charge on any atom is 0.339 e. The van der Waals surface area contributed by atoms with Crippen molar-refractivity contribution in [2.24, 2.45) is 0 Å². The number of ether oxygens (including phenoxy) is 1. The molecule has 1 aromatic rings. The van der Waals surface area contributed by atoms with Crippen molar-refractivity contribution in [1.82, 2.24) is 4.83 Å². The minimum atomic E-state index is -3.36. The fraction of sp³-hybridized carbons (Fsp3) is 0.222. The second kappa shape index (κ2) is 5.48. The van der Waals surface area contributed by atoms with Crippen molar-refractivity contribution < 1.29 is 17.9 Å². The number of carbonyl (C=O) groups is 1. The molecule has 17 heavy (non-hydrogen) atoms. The molecule has 0 aromatic heterocycles. The molecule has 8 heteroatoms. The van der Waals surface area contributed by atoms with Gasteiger partial charge in [-0.1, -0.05) is 0 Å². The molecular weight excluding hydrogens is 312 g/mol. The van der Waals surface area contributed by atoms with E-state index in [0.29, 0.717) is 15.7 Å². The first-order valence-electron chi connectivity index (χ1n) is 4.44. The summed E-state index contributed by atoms with van der Waals surface area (Å²) in [4.78, 5) is 13.5. The third-order valence-electron chi connectivity index (χ3n) is 1.75. The van der Waals surface area contributed by atoms with Gasteiger partial charge in [-0.15, -0.1) is 4.83 Å². The molecule has 2 N–H and O–H groups in total. The molecule has 0 heterocycles. The third-order valence-corrected chi connectivity index (χ3v) is 2.92. The molecule has 0 saturated carbocycles. The van der Waals surface area contributed by atoms with Gasteiger partial charge in [0.2, 0.25) is 10.0 Å². The minimum absolute atomic E-state index is 0.299. The number of hydrogen-bond donors (Lipinski definition) is 2. The summed E-state index contributed by atoms with van der Waals surface area (Å²) in [5.41, 5.74) is 3.19. The largest absolute Gasteiger partial charge is 0.465 e. The Hall–Kier alpha value is -1.12. The number of hydrogen-bond acceptors (Lipinski definition) is 5. The quantitative estimate of drug-likeness (QED) is 0.640. The van der Waals surface area contributed by atoms with Crippen molar-refractivity contribution in [2.75, 3.05) is 18.8 Å². The van der Waals surface area contributed by atoms with Gasteiger partial charge in [-0.05, 0) is 34.1 Å².